The number of fused-ring (bicyclic) bond motifs is 1. The summed E-state index contributed by atoms with van der Waals surface area (Å²) in [7, 11) is 0. The molecule has 0 spiro atoms. The van der Waals surface area contributed by atoms with Crippen molar-refractivity contribution in [3.8, 4) is 11.1 Å². The van der Waals surface area contributed by atoms with Gasteiger partial charge in [0, 0.05) is 29.9 Å². The van der Waals surface area contributed by atoms with Crippen LogP contribution >= 0.6 is 0 Å². The summed E-state index contributed by atoms with van der Waals surface area (Å²) < 4.78 is 1.72. The van der Waals surface area contributed by atoms with E-state index in [0.717, 1.165) is 50.2 Å². The van der Waals surface area contributed by atoms with E-state index in [9.17, 15) is 4.79 Å². The molecule has 32 heavy (non-hydrogen) atoms. The van der Waals surface area contributed by atoms with E-state index in [1.807, 2.05) is 45.2 Å². The van der Waals surface area contributed by atoms with E-state index >= 15 is 0 Å². The average molecular weight is 428 g/mol. The predicted octanol–water partition coefficient (Wildman–Crippen LogP) is 5.16. The van der Waals surface area contributed by atoms with Gasteiger partial charge in [0.15, 0.2) is 0 Å². The van der Waals surface area contributed by atoms with Crippen molar-refractivity contribution in [2.45, 2.75) is 47.2 Å². The van der Waals surface area contributed by atoms with Crippen LogP contribution in [0.5, 0.6) is 0 Å². The van der Waals surface area contributed by atoms with Crippen molar-refractivity contribution in [1.29, 1.82) is 0 Å². The van der Waals surface area contributed by atoms with Crippen LogP contribution in [0.2, 0.25) is 0 Å². The highest BCUT2D eigenvalue weighted by atomic mass is 16.1. The molecule has 0 aliphatic rings. The van der Waals surface area contributed by atoms with Gasteiger partial charge in [-0.1, -0.05) is 6.07 Å². The van der Waals surface area contributed by atoms with Gasteiger partial charge in [0.25, 0.3) is 5.56 Å². The lowest BCUT2D eigenvalue weighted by Crippen LogP contribution is -2.17. The lowest BCUT2D eigenvalue weighted by atomic mass is 9.99. The van der Waals surface area contributed by atoms with Gasteiger partial charge in [0.2, 0.25) is 0 Å². The van der Waals surface area contributed by atoms with Crippen molar-refractivity contribution < 1.29 is 0 Å². The zero-order valence-electron chi connectivity index (χ0n) is 19.2. The van der Waals surface area contributed by atoms with Gasteiger partial charge in [-0.3, -0.25) is 4.79 Å². The van der Waals surface area contributed by atoms with Crippen LogP contribution in [0.25, 0.3) is 22.0 Å². The highest BCUT2D eigenvalue weighted by molar-refractivity contribution is 5.94. The molecule has 0 aliphatic heterocycles. The van der Waals surface area contributed by atoms with Crippen molar-refractivity contribution in [2.24, 2.45) is 0 Å². The summed E-state index contributed by atoms with van der Waals surface area (Å²) in [5, 5.41) is 4.51. The standard InChI is InChI=1S/C26H29N5O/c1-6-31-14-19(7-8-25(31)32)22-13-23-24(11-16(22)3)29-18(5)30-26(23)28-17(4)20-9-15(2)10-21(27)12-20/h7-14,17H,6,27H2,1-5H3,(H,28,29,30)/t17-/m1/s1. The smallest absolute Gasteiger partial charge is 0.250 e. The van der Waals surface area contributed by atoms with E-state index in [1.165, 1.54) is 0 Å². The lowest BCUT2D eigenvalue weighted by molar-refractivity contribution is 0.728. The number of hydrogen-bond acceptors (Lipinski definition) is 5. The number of nitrogens with zero attached hydrogens (tertiary/aromatic N) is 3. The van der Waals surface area contributed by atoms with Gasteiger partial charge in [0.05, 0.1) is 11.6 Å². The first-order chi connectivity index (χ1) is 15.2. The SMILES string of the molecule is CCn1cc(-c2cc3c(N[C@H](C)c4cc(C)cc(N)c4)nc(C)nc3cc2C)ccc1=O. The zero-order chi connectivity index (χ0) is 23.0. The summed E-state index contributed by atoms with van der Waals surface area (Å²) >= 11 is 0. The van der Waals surface area contributed by atoms with Gasteiger partial charge in [-0.2, -0.15) is 0 Å². The minimum atomic E-state index is 0.00209. The summed E-state index contributed by atoms with van der Waals surface area (Å²) in [6, 6.07) is 13.8. The van der Waals surface area contributed by atoms with Crippen LogP contribution in [0.4, 0.5) is 11.5 Å². The molecule has 1 atom stereocenters. The number of anilines is 2. The largest absolute Gasteiger partial charge is 0.399 e. The molecule has 0 radical (unpaired) electrons. The van der Waals surface area contributed by atoms with Gasteiger partial charge in [0.1, 0.15) is 11.6 Å². The Morgan fingerprint density at radius 3 is 2.56 bits per heavy atom. The second-order valence-corrected chi connectivity index (χ2v) is 8.39. The van der Waals surface area contributed by atoms with Gasteiger partial charge >= 0.3 is 0 Å². The van der Waals surface area contributed by atoms with Crippen LogP contribution in [0.1, 0.15) is 42.4 Å². The molecule has 6 nitrogen and oxygen atoms in total. The third kappa shape index (κ3) is 4.21. The van der Waals surface area contributed by atoms with Crippen molar-refractivity contribution in [1.82, 2.24) is 14.5 Å². The molecule has 0 unspecified atom stereocenters. The number of nitrogens with two attached hydrogens (primary N) is 1. The molecule has 0 amide bonds. The van der Waals surface area contributed by atoms with Crippen LogP contribution in [-0.2, 0) is 6.54 Å². The maximum atomic E-state index is 12.1. The van der Waals surface area contributed by atoms with Gasteiger partial charge < -0.3 is 15.6 Å². The van der Waals surface area contributed by atoms with Crippen molar-refractivity contribution >= 4 is 22.4 Å². The van der Waals surface area contributed by atoms with E-state index < -0.39 is 0 Å². The summed E-state index contributed by atoms with van der Waals surface area (Å²) in [4.78, 5) is 21.4. The number of benzene rings is 2. The molecule has 0 bridgehead atoms. The molecule has 0 saturated carbocycles. The fraction of sp³-hybridized carbons (Fsp3) is 0.269. The number of aromatic nitrogens is 3. The molecule has 0 fully saturated rings. The molecule has 164 valence electrons. The maximum Gasteiger partial charge on any atom is 0.250 e. The summed E-state index contributed by atoms with van der Waals surface area (Å²) in [5.41, 5.74) is 13.1. The molecule has 2 heterocycles. The molecule has 0 saturated heterocycles. The molecule has 0 aliphatic carbocycles. The van der Waals surface area contributed by atoms with Crippen molar-refractivity contribution in [3.05, 3.63) is 81.5 Å². The first kappa shape index (κ1) is 21.6. The van der Waals surface area contributed by atoms with Crippen LogP contribution in [0.3, 0.4) is 0 Å². The third-order valence-electron chi connectivity index (χ3n) is 5.76. The zero-order valence-corrected chi connectivity index (χ0v) is 19.2. The Morgan fingerprint density at radius 1 is 1.06 bits per heavy atom. The first-order valence-corrected chi connectivity index (χ1v) is 10.9. The highest BCUT2D eigenvalue weighted by Gasteiger charge is 2.14. The van der Waals surface area contributed by atoms with E-state index in [-0.39, 0.29) is 11.6 Å². The number of rotatable bonds is 5. The third-order valence-corrected chi connectivity index (χ3v) is 5.76. The Labute approximate surface area is 188 Å². The molecule has 4 aromatic rings. The Morgan fingerprint density at radius 2 is 1.84 bits per heavy atom. The molecule has 4 rings (SSSR count). The first-order valence-electron chi connectivity index (χ1n) is 10.9. The molecule has 6 heteroatoms. The number of aryl methyl sites for hydroxylation is 4. The fourth-order valence-corrected chi connectivity index (χ4v) is 4.14. The van der Waals surface area contributed by atoms with E-state index in [2.05, 4.69) is 42.3 Å². The Balaban J connectivity index is 1.82. The minimum absolute atomic E-state index is 0.00209. The summed E-state index contributed by atoms with van der Waals surface area (Å²) in [6.07, 6.45) is 1.91. The monoisotopic (exact) mass is 427 g/mol. The predicted molar refractivity (Wildman–Crippen MR) is 132 cm³/mol. The molecular weight excluding hydrogens is 398 g/mol. The topological polar surface area (TPSA) is 85.8 Å². The molecular formula is C26H29N5O. The van der Waals surface area contributed by atoms with Crippen LogP contribution < -0.4 is 16.6 Å². The van der Waals surface area contributed by atoms with Crippen LogP contribution in [0, 0.1) is 20.8 Å². The lowest BCUT2D eigenvalue weighted by Gasteiger charge is -2.19. The van der Waals surface area contributed by atoms with E-state index in [4.69, 9.17) is 10.7 Å². The van der Waals surface area contributed by atoms with Crippen molar-refractivity contribution in [2.75, 3.05) is 11.1 Å². The molecule has 2 aromatic heterocycles. The number of hydrogen-bond donors (Lipinski definition) is 2. The highest BCUT2D eigenvalue weighted by Crippen LogP contribution is 2.32. The molecule has 3 N–H and O–H groups in total. The second-order valence-electron chi connectivity index (χ2n) is 8.39. The Bertz CT molecular complexity index is 1350. The van der Waals surface area contributed by atoms with Crippen molar-refractivity contribution in [3.63, 3.8) is 0 Å². The fourth-order valence-electron chi connectivity index (χ4n) is 4.14. The Kier molecular flexibility index (Phi) is 5.70. The van der Waals surface area contributed by atoms with Gasteiger partial charge in [-0.15, -0.1) is 0 Å². The normalized spacial score (nSPS) is 12.2. The van der Waals surface area contributed by atoms with E-state index in [1.54, 1.807) is 10.6 Å². The quantitative estimate of drug-likeness (QED) is 0.430. The summed E-state index contributed by atoms with van der Waals surface area (Å²) in [5.74, 6) is 1.49. The average Bonchev–Trinajstić information content (AvgIpc) is 2.73. The van der Waals surface area contributed by atoms with Crippen LogP contribution in [-0.4, -0.2) is 14.5 Å². The van der Waals surface area contributed by atoms with Crippen LogP contribution in [0.15, 0.2) is 53.5 Å². The number of nitrogens with one attached hydrogen (secondary N) is 1. The minimum Gasteiger partial charge on any atom is -0.399 e. The van der Waals surface area contributed by atoms with Gasteiger partial charge in [-0.05, 0) is 92.8 Å². The van der Waals surface area contributed by atoms with E-state index in [0.29, 0.717) is 12.4 Å². The van der Waals surface area contributed by atoms with Gasteiger partial charge in [-0.25, -0.2) is 9.97 Å². The number of nitrogen functional groups attached to an aromatic ring is 1. The number of pyridine rings is 1. The Hall–Kier alpha value is -3.67. The molecule has 2 aromatic carbocycles. The summed E-state index contributed by atoms with van der Waals surface area (Å²) in [6.45, 7) is 10.7. The second kappa shape index (κ2) is 8.46. The maximum absolute atomic E-state index is 12.1.